The van der Waals surface area contributed by atoms with Gasteiger partial charge in [-0.05, 0) is 26.5 Å². The second-order valence-corrected chi connectivity index (χ2v) is 5.12. The molecule has 2 unspecified atom stereocenters. The highest BCUT2D eigenvalue weighted by Crippen LogP contribution is 2.22. The Balaban J connectivity index is 2.10. The van der Waals surface area contributed by atoms with Gasteiger partial charge < -0.3 is 10.5 Å². The van der Waals surface area contributed by atoms with Crippen LogP contribution in [0.15, 0.2) is 12.3 Å². The number of nitrogens with zero attached hydrogens (tertiary/aromatic N) is 3. The van der Waals surface area contributed by atoms with E-state index in [0.717, 1.165) is 31.9 Å². The summed E-state index contributed by atoms with van der Waals surface area (Å²) < 4.78 is 7.81. The van der Waals surface area contributed by atoms with Crippen molar-refractivity contribution in [1.29, 1.82) is 0 Å². The lowest BCUT2D eigenvalue weighted by molar-refractivity contribution is -0.0406. The average molecular weight is 252 g/mol. The summed E-state index contributed by atoms with van der Waals surface area (Å²) in [4.78, 5) is 2.38. The van der Waals surface area contributed by atoms with Crippen molar-refractivity contribution in [3.63, 3.8) is 0 Å². The molecular formula is C13H24N4O. The van der Waals surface area contributed by atoms with Crippen LogP contribution in [-0.2, 0) is 4.74 Å². The third kappa shape index (κ3) is 2.74. The molecule has 1 aliphatic rings. The molecule has 1 aromatic heterocycles. The maximum atomic E-state index is 6.36. The van der Waals surface area contributed by atoms with E-state index in [9.17, 15) is 0 Å². The first-order valence-corrected chi connectivity index (χ1v) is 6.76. The van der Waals surface area contributed by atoms with Crippen LogP contribution in [0, 0.1) is 0 Å². The molecular weight excluding hydrogens is 228 g/mol. The molecule has 0 bridgehead atoms. The van der Waals surface area contributed by atoms with Gasteiger partial charge in [0.1, 0.15) is 0 Å². The molecule has 1 saturated heterocycles. The smallest absolute Gasteiger partial charge is 0.0910 e. The molecule has 0 amide bonds. The Kier molecular flexibility index (Phi) is 4.37. The standard InChI is InChI=1S/C13H24N4O/c1-4-16-7-8-18-12(9-16)13(14)11-5-6-15-17(11)10(2)3/h5-6,10,12-13H,4,7-9,14H2,1-3H3. The molecule has 0 aliphatic carbocycles. The molecule has 18 heavy (non-hydrogen) atoms. The largest absolute Gasteiger partial charge is 0.374 e. The fourth-order valence-corrected chi connectivity index (χ4v) is 2.45. The normalized spacial score (nSPS) is 23.5. The molecule has 2 atom stereocenters. The first-order valence-electron chi connectivity index (χ1n) is 6.76. The summed E-state index contributed by atoms with van der Waals surface area (Å²) in [5.74, 6) is 0. The number of ether oxygens (including phenoxy) is 1. The Morgan fingerprint density at radius 1 is 1.56 bits per heavy atom. The molecule has 2 N–H and O–H groups in total. The van der Waals surface area contributed by atoms with Crippen LogP contribution in [0.4, 0.5) is 0 Å². The van der Waals surface area contributed by atoms with Gasteiger partial charge in [-0.3, -0.25) is 9.58 Å². The molecule has 5 heteroatoms. The monoisotopic (exact) mass is 252 g/mol. The zero-order valence-corrected chi connectivity index (χ0v) is 11.5. The van der Waals surface area contributed by atoms with Crippen LogP contribution in [0.3, 0.4) is 0 Å². The topological polar surface area (TPSA) is 56.3 Å². The lowest BCUT2D eigenvalue weighted by Gasteiger charge is -2.35. The predicted molar refractivity (Wildman–Crippen MR) is 71.4 cm³/mol. The summed E-state index contributed by atoms with van der Waals surface area (Å²) in [6, 6.07) is 2.22. The zero-order chi connectivity index (χ0) is 13.1. The number of hydrogen-bond acceptors (Lipinski definition) is 4. The summed E-state index contributed by atoms with van der Waals surface area (Å²) in [6.07, 6.45) is 1.88. The molecule has 0 saturated carbocycles. The number of likely N-dealkylation sites (N-methyl/N-ethyl adjacent to an activating group) is 1. The second-order valence-electron chi connectivity index (χ2n) is 5.12. The van der Waals surface area contributed by atoms with Gasteiger partial charge in [0.25, 0.3) is 0 Å². The van der Waals surface area contributed by atoms with Crippen LogP contribution in [0.5, 0.6) is 0 Å². The average Bonchev–Trinajstić information content (AvgIpc) is 2.87. The minimum Gasteiger partial charge on any atom is -0.374 e. The number of rotatable bonds is 4. The van der Waals surface area contributed by atoms with Gasteiger partial charge in [0.05, 0.1) is 24.4 Å². The Morgan fingerprint density at radius 2 is 2.33 bits per heavy atom. The minimum absolute atomic E-state index is 0.0629. The fraction of sp³-hybridized carbons (Fsp3) is 0.769. The summed E-state index contributed by atoms with van der Waals surface area (Å²) in [5.41, 5.74) is 7.42. The van der Waals surface area contributed by atoms with E-state index in [1.54, 1.807) is 0 Å². The molecule has 2 rings (SSSR count). The van der Waals surface area contributed by atoms with Crippen LogP contribution < -0.4 is 5.73 Å². The molecule has 1 aliphatic heterocycles. The van der Waals surface area contributed by atoms with Gasteiger partial charge in [0, 0.05) is 25.3 Å². The quantitative estimate of drug-likeness (QED) is 0.874. The molecule has 0 spiro atoms. The number of aromatic nitrogens is 2. The maximum absolute atomic E-state index is 6.36. The van der Waals surface area contributed by atoms with E-state index >= 15 is 0 Å². The second kappa shape index (κ2) is 5.82. The van der Waals surface area contributed by atoms with Crippen molar-refractivity contribution >= 4 is 0 Å². The van der Waals surface area contributed by atoms with E-state index in [2.05, 4.69) is 30.8 Å². The predicted octanol–water partition coefficient (Wildman–Crippen LogP) is 1.18. The van der Waals surface area contributed by atoms with Crippen molar-refractivity contribution < 1.29 is 4.74 Å². The SMILES string of the molecule is CCN1CCOC(C(N)c2ccnn2C(C)C)C1. The highest BCUT2D eigenvalue weighted by Gasteiger charge is 2.28. The Bertz CT molecular complexity index is 377. The summed E-state index contributed by atoms with van der Waals surface area (Å²) >= 11 is 0. The van der Waals surface area contributed by atoms with Gasteiger partial charge >= 0.3 is 0 Å². The van der Waals surface area contributed by atoms with E-state index in [1.807, 2.05) is 16.9 Å². The van der Waals surface area contributed by atoms with Crippen LogP contribution in [-0.4, -0.2) is 47.0 Å². The lowest BCUT2D eigenvalue weighted by atomic mass is 10.1. The maximum Gasteiger partial charge on any atom is 0.0910 e. The van der Waals surface area contributed by atoms with Crippen molar-refractivity contribution in [3.05, 3.63) is 18.0 Å². The van der Waals surface area contributed by atoms with E-state index in [4.69, 9.17) is 10.5 Å². The summed E-state index contributed by atoms with van der Waals surface area (Å²) in [7, 11) is 0. The highest BCUT2D eigenvalue weighted by molar-refractivity contribution is 5.10. The molecule has 102 valence electrons. The first-order chi connectivity index (χ1) is 8.63. The van der Waals surface area contributed by atoms with Crippen molar-refractivity contribution in [2.24, 2.45) is 5.73 Å². The van der Waals surface area contributed by atoms with Gasteiger partial charge in [-0.2, -0.15) is 5.10 Å². The van der Waals surface area contributed by atoms with Crippen molar-refractivity contribution in [2.45, 2.75) is 39.0 Å². The van der Waals surface area contributed by atoms with E-state index in [-0.39, 0.29) is 12.1 Å². The van der Waals surface area contributed by atoms with E-state index < -0.39 is 0 Å². The Morgan fingerprint density at radius 3 is 3.00 bits per heavy atom. The summed E-state index contributed by atoms with van der Waals surface area (Å²) in [5, 5.41) is 4.34. The van der Waals surface area contributed by atoms with E-state index in [0.29, 0.717) is 6.04 Å². The van der Waals surface area contributed by atoms with Gasteiger partial charge in [-0.15, -0.1) is 0 Å². The minimum atomic E-state index is -0.107. The first kappa shape index (κ1) is 13.5. The van der Waals surface area contributed by atoms with Crippen molar-refractivity contribution in [1.82, 2.24) is 14.7 Å². The number of hydrogen-bond donors (Lipinski definition) is 1. The lowest BCUT2D eigenvalue weighted by Crippen LogP contribution is -2.47. The Labute approximate surface area is 109 Å². The highest BCUT2D eigenvalue weighted by atomic mass is 16.5. The zero-order valence-electron chi connectivity index (χ0n) is 11.5. The third-order valence-electron chi connectivity index (χ3n) is 3.56. The van der Waals surface area contributed by atoms with Gasteiger partial charge in [-0.25, -0.2) is 0 Å². The molecule has 5 nitrogen and oxygen atoms in total. The molecule has 2 heterocycles. The van der Waals surface area contributed by atoms with Crippen molar-refractivity contribution in [2.75, 3.05) is 26.2 Å². The number of nitrogens with two attached hydrogens (primary N) is 1. The van der Waals surface area contributed by atoms with Crippen LogP contribution >= 0.6 is 0 Å². The van der Waals surface area contributed by atoms with Crippen LogP contribution in [0.25, 0.3) is 0 Å². The molecule has 1 aromatic rings. The molecule has 0 radical (unpaired) electrons. The fourth-order valence-electron chi connectivity index (χ4n) is 2.45. The van der Waals surface area contributed by atoms with Gasteiger partial charge in [0.2, 0.25) is 0 Å². The number of morpholine rings is 1. The van der Waals surface area contributed by atoms with E-state index in [1.165, 1.54) is 0 Å². The van der Waals surface area contributed by atoms with Crippen LogP contribution in [0.1, 0.15) is 38.5 Å². The molecule has 0 aromatic carbocycles. The van der Waals surface area contributed by atoms with Gasteiger partial charge in [-0.1, -0.05) is 6.92 Å². The third-order valence-corrected chi connectivity index (χ3v) is 3.56. The molecule has 1 fully saturated rings. The summed E-state index contributed by atoms with van der Waals surface area (Å²) in [6.45, 7) is 10.1. The Hall–Kier alpha value is -0.910. The van der Waals surface area contributed by atoms with Crippen molar-refractivity contribution in [3.8, 4) is 0 Å². The van der Waals surface area contributed by atoms with Crippen LogP contribution in [0.2, 0.25) is 0 Å². The van der Waals surface area contributed by atoms with Gasteiger partial charge in [0.15, 0.2) is 0 Å².